The number of nitrogens with zero attached hydrogens (tertiary/aromatic N) is 3. The SMILES string of the molecule is O=C1c2cc(N3CCN(CCCC4(C(=O)NCC(F)(F)F)c5ccccc5Oc5ccccc54)CC3)ccc2CN1Cc1cccc(F)c1. The number of carbonyl (C=O) groups is 2. The molecule has 0 radical (unpaired) electrons. The summed E-state index contributed by atoms with van der Waals surface area (Å²) in [4.78, 5) is 33.4. The molecule has 0 aliphatic carbocycles. The summed E-state index contributed by atoms with van der Waals surface area (Å²) in [6.45, 7) is 3.03. The quantitative estimate of drug-likeness (QED) is 0.202. The van der Waals surface area contributed by atoms with Crippen molar-refractivity contribution in [2.45, 2.75) is 37.5 Å². The van der Waals surface area contributed by atoms with Gasteiger partial charge in [0.25, 0.3) is 5.91 Å². The summed E-state index contributed by atoms with van der Waals surface area (Å²) in [5, 5.41) is 2.18. The van der Waals surface area contributed by atoms with Crippen molar-refractivity contribution < 1.29 is 31.9 Å². The Morgan fingerprint density at radius 1 is 0.857 bits per heavy atom. The predicted octanol–water partition coefficient (Wildman–Crippen LogP) is 6.65. The largest absolute Gasteiger partial charge is 0.457 e. The van der Waals surface area contributed by atoms with Crippen molar-refractivity contribution in [1.82, 2.24) is 15.1 Å². The minimum atomic E-state index is -4.55. The maximum atomic E-state index is 13.9. The molecular weight excluding hydrogens is 636 g/mol. The Morgan fingerprint density at radius 2 is 1.55 bits per heavy atom. The standard InChI is InChI=1S/C38H36F4N4O3/c39-28-8-5-7-26(21-28)23-46-24-27-13-14-29(22-30(27)35(46)47)45-19-17-44(18-20-45)16-6-15-37(36(48)43-25-38(40,41)42)31-9-1-3-11-33(31)49-34-12-4-2-10-32(34)37/h1-5,7-14,21-22H,6,15-20,23-25H2,(H,43,48). The average Bonchev–Trinajstić information content (AvgIpc) is 3.40. The second-order valence-electron chi connectivity index (χ2n) is 12.9. The predicted molar refractivity (Wildman–Crippen MR) is 177 cm³/mol. The fraction of sp³-hybridized carbons (Fsp3) is 0.316. The molecule has 1 saturated heterocycles. The van der Waals surface area contributed by atoms with Gasteiger partial charge in [-0.05, 0) is 66.9 Å². The highest BCUT2D eigenvalue weighted by Gasteiger charge is 2.48. The van der Waals surface area contributed by atoms with Gasteiger partial charge in [0.2, 0.25) is 5.91 Å². The zero-order valence-corrected chi connectivity index (χ0v) is 26.8. The molecule has 11 heteroatoms. The minimum absolute atomic E-state index is 0.0655. The number of nitrogens with one attached hydrogen (secondary N) is 1. The van der Waals surface area contributed by atoms with Crippen LogP contribution in [0.1, 0.15) is 45.5 Å². The molecule has 0 atom stereocenters. The van der Waals surface area contributed by atoms with E-state index < -0.39 is 24.0 Å². The van der Waals surface area contributed by atoms with E-state index >= 15 is 0 Å². The lowest BCUT2D eigenvalue weighted by atomic mass is 9.68. The van der Waals surface area contributed by atoms with Crippen molar-refractivity contribution in [3.05, 3.63) is 125 Å². The third-order valence-corrected chi connectivity index (χ3v) is 9.75. The Balaban J connectivity index is 1.01. The summed E-state index contributed by atoms with van der Waals surface area (Å²) < 4.78 is 59.6. The zero-order valence-electron chi connectivity index (χ0n) is 26.8. The van der Waals surface area contributed by atoms with Crippen LogP contribution in [-0.2, 0) is 23.3 Å². The highest BCUT2D eigenvalue weighted by Crippen LogP contribution is 2.50. The summed E-state index contributed by atoms with van der Waals surface area (Å²) in [5.41, 5.74) is 3.09. The van der Waals surface area contributed by atoms with Crippen LogP contribution in [0.2, 0.25) is 0 Å². The molecule has 7 nitrogen and oxygen atoms in total. The number of benzene rings is 4. The zero-order chi connectivity index (χ0) is 34.2. The van der Waals surface area contributed by atoms with Crippen molar-refractivity contribution in [3.63, 3.8) is 0 Å². The van der Waals surface area contributed by atoms with Gasteiger partial charge in [0, 0.05) is 61.6 Å². The molecule has 254 valence electrons. The van der Waals surface area contributed by atoms with Gasteiger partial charge in [-0.25, -0.2) is 4.39 Å². The molecule has 7 rings (SSSR count). The fourth-order valence-corrected chi connectivity index (χ4v) is 7.37. The summed E-state index contributed by atoms with van der Waals surface area (Å²) in [6.07, 6.45) is -3.68. The number of anilines is 1. The van der Waals surface area contributed by atoms with E-state index in [2.05, 4.69) is 15.1 Å². The third kappa shape index (κ3) is 6.59. The first-order valence-corrected chi connectivity index (χ1v) is 16.5. The molecule has 1 fully saturated rings. The van der Waals surface area contributed by atoms with Crippen LogP contribution in [-0.4, -0.2) is 67.1 Å². The van der Waals surface area contributed by atoms with Crippen LogP contribution >= 0.6 is 0 Å². The minimum Gasteiger partial charge on any atom is -0.457 e. The van der Waals surface area contributed by atoms with Gasteiger partial charge in [0.1, 0.15) is 29.3 Å². The number of hydrogen-bond acceptors (Lipinski definition) is 5. The molecule has 3 aliphatic rings. The summed E-state index contributed by atoms with van der Waals surface area (Å²) >= 11 is 0. The van der Waals surface area contributed by atoms with Gasteiger partial charge in [0.15, 0.2) is 0 Å². The van der Waals surface area contributed by atoms with Crippen LogP contribution in [0.3, 0.4) is 0 Å². The summed E-state index contributed by atoms with van der Waals surface area (Å²) in [7, 11) is 0. The van der Waals surface area contributed by atoms with Crippen molar-refractivity contribution >= 4 is 17.5 Å². The van der Waals surface area contributed by atoms with Gasteiger partial charge in [-0.15, -0.1) is 0 Å². The van der Waals surface area contributed by atoms with E-state index in [9.17, 15) is 27.2 Å². The Bertz CT molecular complexity index is 1830. The van der Waals surface area contributed by atoms with E-state index in [4.69, 9.17) is 4.74 Å². The second kappa shape index (κ2) is 13.2. The third-order valence-electron chi connectivity index (χ3n) is 9.75. The number of ether oxygens (including phenoxy) is 1. The van der Waals surface area contributed by atoms with E-state index in [1.807, 2.05) is 24.3 Å². The van der Waals surface area contributed by atoms with E-state index in [-0.39, 0.29) is 11.7 Å². The Labute approximate surface area is 282 Å². The normalized spacial score (nSPS) is 16.9. The van der Waals surface area contributed by atoms with Crippen molar-refractivity contribution in [2.75, 3.05) is 44.2 Å². The number of piperazine rings is 1. The molecule has 3 heterocycles. The molecule has 2 amide bonds. The topological polar surface area (TPSA) is 65.1 Å². The summed E-state index contributed by atoms with van der Waals surface area (Å²) in [5.74, 6) is -0.167. The Hall–Kier alpha value is -4.90. The second-order valence-corrected chi connectivity index (χ2v) is 12.9. The lowest BCUT2D eigenvalue weighted by Gasteiger charge is -2.40. The molecule has 0 aromatic heterocycles. The highest BCUT2D eigenvalue weighted by molar-refractivity contribution is 5.99. The van der Waals surface area contributed by atoms with Crippen molar-refractivity contribution in [3.8, 4) is 11.5 Å². The molecule has 1 N–H and O–H groups in total. The van der Waals surface area contributed by atoms with Gasteiger partial charge in [0.05, 0.1) is 0 Å². The van der Waals surface area contributed by atoms with Crippen LogP contribution in [0.25, 0.3) is 0 Å². The molecule has 3 aliphatic heterocycles. The monoisotopic (exact) mass is 672 g/mol. The lowest BCUT2D eigenvalue weighted by molar-refractivity contribution is -0.141. The number of hydrogen-bond donors (Lipinski definition) is 1. The van der Waals surface area contributed by atoms with Crippen LogP contribution in [0.4, 0.5) is 23.2 Å². The van der Waals surface area contributed by atoms with Gasteiger partial charge < -0.3 is 19.9 Å². The number of para-hydroxylation sites is 2. The molecule has 49 heavy (non-hydrogen) atoms. The first-order chi connectivity index (χ1) is 23.6. The van der Waals surface area contributed by atoms with Crippen molar-refractivity contribution in [2.24, 2.45) is 0 Å². The van der Waals surface area contributed by atoms with Crippen LogP contribution in [0.5, 0.6) is 11.5 Å². The Kier molecular flexibility index (Phi) is 8.79. The molecule has 0 bridgehead atoms. The maximum Gasteiger partial charge on any atom is 0.405 e. The van der Waals surface area contributed by atoms with Gasteiger partial charge >= 0.3 is 6.18 Å². The average molecular weight is 673 g/mol. The first kappa shape index (κ1) is 32.6. The number of halogens is 4. The Morgan fingerprint density at radius 3 is 2.22 bits per heavy atom. The molecule has 0 saturated carbocycles. The first-order valence-electron chi connectivity index (χ1n) is 16.5. The highest BCUT2D eigenvalue weighted by atomic mass is 19.4. The molecule has 4 aromatic rings. The number of alkyl halides is 3. The molecule has 0 unspecified atom stereocenters. The number of carbonyl (C=O) groups excluding carboxylic acids is 2. The van der Waals surface area contributed by atoms with E-state index in [0.717, 1.165) is 43.0 Å². The smallest absolute Gasteiger partial charge is 0.405 e. The van der Waals surface area contributed by atoms with Crippen molar-refractivity contribution in [1.29, 1.82) is 0 Å². The lowest BCUT2D eigenvalue weighted by Crippen LogP contribution is -2.50. The van der Waals surface area contributed by atoms with E-state index in [1.54, 1.807) is 59.5 Å². The van der Waals surface area contributed by atoms with Gasteiger partial charge in [-0.2, -0.15) is 13.2 Å². The molecule has 4 aromatic carbocycles. The number of rotatable bonds is 9. The summed E-state index contributed by atoms with van der Waals surface area (Å²) in [6, 6.07) is 26.4. The van der Waals surface area contributed by atoms with Gasteiger partial charge in [-0.3, -0.25) is 14.5 Å². The molecular formula is C38H36F4N4O3. The van der Waals surface area contributed by atoms with E-state index in [1.165, 1.54) is 12.1 Å². The number of fused-ring (bicyclic) bond motifs is 3. The van der Waals surface area contributed by atoms with E-state index in [0.29, 0.717) is 60.7 Å². The fourth-order valence-electron chi connectivity index (χ4n) is 7.37. The maximum absolute atomic E-state index is 13.9. The van der Waals surface area contributed by atoms with Crippen LogP contribution in [0, 0.1) is 5.82 Å². The van der Waals surface area contributed by atoms with Gasteiger partial charge in [-0.1, -0.05) is 54.6 Å². The molecule has 0 spiro atoms. The number of amides is 2. The van der Waals surface area contributed by atoms with Crippen LogP contribution in [0.15, 0.2) is 91.0 Å². The van der Waals surface area contributed by atoms with Crippen LogP contribution < -0.4 is 15.0 Å².